The van der Waals surface area contributed by atoms with Crippen LogP contribution in [-0.4, -0.2) is 19.1 Å². The van der Waals surface area contributed by atoms with Crippen LogP contribution in [0, 0.1) is 17.8 Å². The number of rotatable bonds is 7. The Hall–Kier alpha value is -2.21. The number of ether oxygens (including phenoxy) is 1. The van der Waals surface area contributed by atoms with Crippen molar-refractivity contribution in [3.63, 3.8) is 0 Å². The van der Waals surface area contributed by atoms with Crippen LogP contribution in [0.1, 0.15) is 25.8 Å². The number of carbonyl (C=O) groups is 1. The fourth-order valence-corrected chi connectivity index (χ4v) is 1.78. The maximum Gasteiger partial charge on any atom is 0.221 e. The van der Waals surface area contributed by atoms with Crippen LogP contribution >= 0.6 is 0 Å². The van der Waals surface area contributed by atoms with E-state index in [1.54, 1.807) is 0 Å². The van der Waals surface area contributed by atoms with Crippen molar-refractivity contribution in [2.24, 2.45) is 5.92 Å². The van der Waals surface area contributed by atoms with Crippen molar-refractivity contribution in [2.75, 3.05) is 13.2 Å². The summed E-state index contributed by atoms with van der Waals surface area (Å²) in [6.45, 7) is 8.44. The fraction of sp³-hybridized carbons (Fsp3) is 0.389. The van der Waals surface area contributed by atoms with E-state index in [0.717, 1.165) is 17.7 Å². The summed E-state index contributed by atoms with van der Waals surface area (Å²) in [5.41, 5.74) is 1.10. The average Bonchev–Trinajstić information content (AvgIpc) is 2.44. The SMILES string of the molecule is C=CCc1ccccc1OCC#CCNC(=O)CC(C)C. The van der Waals surface area contributed by atoms with Crippen LogP contribution in [0.4, 0.5) is 0 Å². The summed E-state index contributed by atoms with van der Waals surface area (Å²) >= 11 is 0. The largest absolute Gasteiger partial charge is 0.481 e. The lowest BCUT2D eigenvalue weighted by molar-refractivity contribution is -0.121. The molecule has 0 spiro atoms. The summed E-state index contributed by atoms with van der Waals surface area (Å²) in [5, 5.41) is 2.76. The third-order valence-corrected chi connectivity index (χ3v) is 2.73. The molecule has 0 saturated heterocycles. The van der Waals surface area contributed by atoms with Crippen molar-refractivity contribution >= 4 is 5.91 Å². The second-order valence-corrected chi connectivity index (χ2v) is 5.12. The first kappa shape index (κ1) is 16.8. The molecule has 0 aliphatic heterocycles. The van der Waals surface area contributed by atoms with E-state index >= 15 is 0 Å². The molecule has 0 saturated carbocycles. The van der Waals surface area contributed by atoms with Gasteiger partial charge in [0.15, 0.2) is 0 Å². The molecule has 112 valence electrons. The zero-order valence-corrected chi connectivity index (χ0v) is 12.8. The Morgan fingerprint density at radius 2 is 2.14 bits per heavy atom. The molecule has 0 heterocycles. The first-order chi connectivity index (χ1) is 10.1. The van der Waals surface area contributed by atoms with Crippen molar-refractivity contribution in [3.05, 3.63) is 42.5 Å². The molecule has 1 aromatic rings. The molecule has 0 unspecified atom stereocenters. The number of carbonyl (C=O) groups excluding carboxylic acids is 1. The Labute approximate surface area is 127 Å². The topological polar surface area (TPSA) is 38.3 Å². The predicted molar refractivity (Wildman–Crippen MR) is 86.1 cm³/mol. The van der Waals surface area contributed by atoms with Crippen LogP contribution in [0.5, 0.6) is 5.75 Å². The van der Waals surface area contributed by atoms with Gasteiger partial charge in [0.1, 0.15) is 12.4 Å². The summed E-state index contributed by atoms with van der Waals surface area (Å²) in [5.74, 6) is 7.01. The molecule has 0 fully saturated rings. The maximum absolute atomic E-state index is 11.4. The summed E-state index contributed by atoms with van der Waals surface area (Å²) in [6, 6.07) is 7.84. The van der Waals surface area contributed by atoms with E-state index in [9.17, 15) is 4.79 Å². The van der Waals surface area contributed by atoms with Gasteiger partial charge in [-0.2, -0.15) is 0 Å². The number of hydrogen-bond acceptors (Lipinski definition) is 2. The number of amides is 1. The monoisotopic (exact) mass is 285 g/mol. The molecule has 3 nitrogen and oxygen atoms in total. The fourth-order valence-electron chi connectivity index (χ4n) is 1.78. The molecule has 1 N–H and O–H groups in total. The lowest BCUT2D eigenvalue weighted by Crippen LogP contribution is -2.24. The van der Waals surface area contributed by atoms with Gasteiger partial charge < -0.3 is 10.1 Å². The standard InChI is InChI=1S/C18H23NO2/c1-4-9-16-10-5-6-11-17(16)21-13-8-7-12-19-18(20)14-15(2)3/h4-6,10-11,15H,1,9,12-14H2,2-3H3,(H,19,20). The molecule has 1 amide bonds. The minimum atomic E-state index is 0.0385. The van der Waals surface area contributed by atoms with Crippen LogP contribution < -0.4 is 10.1 Å². The van der Waals surface area contributed by atoms with Crippen molar-refractivity contribution in [3.8, 4) is 17.6 Å². The molecular formula is C18H23NO2. The number of para-hydroxylation sites is 1. The van der Waals surface area contributed by atoms with E-state index in [0.29, 0.717) is 25.5 Å². The molecule has 0 aliphatic rings. The highest BCUT2D eigenvalue weighted by Gasteiger charge is 2.02. The molecule has 3 heteroatoms. The van der Waals surface area contributed by atoms with Gasteiger partial charge in [-0.05, 0) is 24.0 Å². The highest BCUT2D eigenvalue weighted by Crippen LogP contribution is 2.18. The van der Waals surface area contributed by atoms with Crippen molar-refractivity contribution < 1.29 is 9.53 Å². The van der Waals surface area contributed by atoms with E-state index < -0.39 is 0 Å². The summed E-state index contributed by atoms with van der Waals surface area (Å²) < 4.78 is 5.63. The first-order valence-electron chi connectivity index (χ1n) is 7.17. The van der Waals surface area contributed by atoms with Crippen molar-refractivity contribution in [2.45, 2.75) is 26.7 Å². The molecule has 0 bridgehead atoms. The van der Waals surface area contributed by atoms with E-state index in [4.69, 9.17) is 4.74 Å². The second-order valence-electron chi connectivity index (χ2n) is 5.12. The van der Waals surface area contributed by atoms with Gasteiger partial charge in [-0.3, -0.25) is 4.79 Å². The Bertz CT molecular complexity index is 524. The molecule has 1 rings (SSSR count). The van der Waals surface area contributed by atoms with Gasteiger partial charge in [-0.1, -0.05) is 50.0 Å². The first-order valence-corrected chi connectivity index (χ1v) is 7.17. The smallest absolute Gasteiger partial charge is 0.221 e. The van der Waals surface area contributed by atoms with E-state index in [1.165, 1.54) is 0 Å². The molecule has 0 aromatic heterocycles. The average molecular weight is 285 g/mol. The van der Waals surface area contributed by atoms with Gasteiger partial charge in [-0.25, -0.2) is 0 Å². The molecule has 1 aromatic carbocycles. The van der Waals surface area contributed by atoms with E-state index in [2.05, 4.69) is 23.7 Å². The zero-order valence-electron chi connectivity index (χ0n) is 12.8. The minimum absolute atomic E-state index is 0.0385. The van der Waals surface area contributed by atoms with Gasteiger partial charge in [0, 0.05) is 6.42 Å². The summed E-state index contributed by atoms with van der Waals surface area (Å²) in [6.07, 6.45) is 3.15. The lowest BCUT2D eigenvalue weighted by atomic mass is 10.1. The predicted octanol–water partition coefficient (Wildman–Crippen LogP) is 2.96. The number of nitrogens with one attached hydrogen (secondary N) is 1. The minimum Gasteiger partial charge on any atom is -0.481 e. The lowest BCUT2D eigenvalue weighted by Gasteiger charge is -2.07. The van der Waals surface area contributed by atoms with Crippen LogP contribution in [0.25, 0.3) is 0 Å². The Morgan fingerprint density at radius 1 is 1.38 bits per heavy atom. The highest BCUT2D eigenvalue weighted by atomic mass is 16.5. The number of benzene rings is 1. The zero-order chi connectivity index (χ0) is 15.5. The van der Waals surface area contributed by atoms with E-state index in [-0.39, 0.29) is 5.91 Å². The third kappa shape index (κ3) is 7.22. The number of allylic oxidation sites excluding steroid dienone is 1. The van der Waals surface area contributed by atoms with Crippen LogP contribution in [0.15, 0.2) is 36.9 Å². The van der Waals surface area contributed by atoms with Gasteiger partial charge in [0.05, 0.1) is 6.54 Å². The second kappa shape index (κ2) is 9.66. The third-order valence-electron chi connectivity index (χ3n) is 2.73. The number of hydrogen-bond donors (Lipinski definition) is 1. The molecule has 0 atom stereocenters. The van der Waals surface area contributed by atoms with E-state index in [1.807, 2.05) is 44.2 Å². The van der Waals surface area contributed by atoms with Crippen LogP contribution in [-0.2, 0) is 11.2 Å². The summed E-state index contributed by atoms with van der Waals surface area (Å²) in [4.78, 5) is 11.4. The van der Waals surface area contributed by atoms with Gasteiger partial charge >= 0.3 is 0 Å². The molecular weight excluding hydrogens is 262 g/mol. The van der Waals surface area contributed by atoms with Crippen LogP contribution in [0.3, 0.4) is 0 Å². The Morgan fingerprint density at radius 3 is 2.86 bits per heavy atom. The van der Waals surface area contributed by atoms with Gasteiger partial charge in [-0.15, -0.1) is 6.58 Å². The van der Waals surface area contributed by atoms with Crippen molar-refractivity contribution in [1.82, 2.24) is 5.32 Å². The highest BCUT2D eigenvalue weighted by molar-refractivity contribution is 5.76. The normalized spacial score (nSPS) is 9.67. The van der Waals surface area contributed by atoms with Crippen LogP contribution in [0.2, 0.25) is 0 Å². The van der Waals surface area contributed by atoms with Gasteiger partial charge in [0.2, 0.25) is 5.91 Å². The van der Waals surface area contributed by atoms with Gasteiger partial charge in [0.25, 0.3) is 0 Å². The molecule has 0 aliphatic carbocycles. The maximum atomic E-state index is 11.4. The molecule has 21 heavy (non-hydrogen) atoms. The Kier molecular flexibility index (Phi) is 7.74. The van der Waals surface area contributed by atoms with Crippen molar-refractivity contribution in [1.29, 1.82) is 0 Å². The summed E-state index contributed by atoms with van der Waals surface area (Å²) in [7, 11) is 0. The Balaban J connectivity index is 2.33. The molecule has 0 radical (unpaired) electrons. The quantitative estimate of drug-likeness (QED) is 0.618.